The minimum atomic E-state index is -1.75. The first-order valence-corrected chi connectivity index (χ1v) is 13.5. The Morgan fingerprint density at radius 2 is 2.11 bits per heavy atom. The molecule has 2 aromatic carbocycles. The van der Waals surface area contributed by atoms with Crippen LogP contribution in [0.25, 0.3) is 0 Å². The Balaban J connectivity index is 1.56. The van der Waals surface area contributed by atoms with E-state index in [0.29, 0.717) is 47.4 Å². The number of fused-ring (bicyclic) bond motifs is 1. The van der Waals surface area contributed by atoms with Crippen LogP contribution in [0.1, 0.15) is 48.7 Å². The number of carbonyl (C=O) groups excluding carboxylic acids is 1. The predicted molar refractivity (Wildman–Crippen MR) is 137 cm³/mol. The molecule has 1 saturated heterocycles. The molecule has 2 heterocycles. The van der Waals surface area contributed by atoms with Crippen molar-refractivity contribution in [3.05, 3.63) is 52.8 Å². The second-order valence-electron chi connectivity index (χ2n) is 10.6. The van der Waals surface area contributed by atoms with Crippen molar-refractivity contribution in [2.75, 3.05) is 38.1 Å². The van der Waals surface area contributed by atoms with E-state index in [0.717, 1.165) is 31.5 Å². The molecular formula is C27H35FN2O5S. The van der Waals surface area contributed by atoms with Gasteiger partial charge in [-0.15, -0.1) is 0 Å². The fourth-order valence-corrected chi connectivity index (χ4v) is 6.18. The zero-order chi connectivity index (χ0) is 26.0. The van der Waals surface area contributed by atoms with Crippen molar-refractivity contribution in [3.8, 4) is 5.75 Å². The van der Waals surface area contributed by atoms with Crippen LogP contribution in [-0.4, -0.2) is 59.1 Å². The number of esters is 1. The Labute approximate surface area is 214 Å². The molecule has 3 unspecified atom stereocenters. The lowest BCUT2D eigenvalue weighted by Crippen LogP contribution is -2.37. The number of rotatable bonds is 8. The number of ether oxygens (including phenoxy) is 2. The summed E-state index contributed by atoms with van der Waals surface area (Å²) in [6.45, 7) is 8.35. The lowest BCUT2D eigenvalue weighted by atomic mass is 9.95. The van der Waals surface area contributed by atoms with E-state index in [1.165, 1.54) is 25.3 Å². The number of methoxy groups -OCH3 is 1. The smallest absolute Gasteiger partial charge is 0.343 e. The van der Waals surface area contributed by atoms with Crippen LogP contribution in [0.2, 0.25) is 0 Å². The molecule has 0 amide bonds. The molecule has 2 aliphatic heterocycles. The van der Waals surface area contributed by atoms with E-state index in [1.54, 1.807) is 19.9 Å². The molecule has 196 valence electrons. The fourth-order valence-electron chi connectivity index (χ4n) is 5.13. The average Bonchev–Trinajstić information content (AvgIpc) is 3.23. The van der Waals surface area contributed by atoms with Crippen molar-refractivity contribution >= 4 is 22.6 Å². The van der Waals surface area contributed by atoms with Crippen LogP contribution in [0.15, 0.2) is 35.2 Å². The van der Waals surface area contributed by atoms with Crippen LogP contribution < -0.4 is 9.46 Å². The Kier molecular flexibility index (Phi) is 8.02. The van der Waals surface area contributed by atoms with E-state index in [9.17, 15) is 18.5 Å². The van der Waals surface area contributed by atoms with Crippen molar-refractivity contribution in [2.24, 2.45) is 11.8 Å². The van der Waals surface area contributed by atoms with E-state index in [2.05, 4.69) is 16.5 Å². The molecule has 3 atom stereocenters. The molecule has 0 bridgehead atoms. The van der Waals surface area contributed by atoms with Crippen molar-refractivity contribution in [1.29, 1.82) is 0 Å². The topological polar surface area (TPSA) is 88.1 Å². The molecular weight excluding hydrogens is 483 g/mol. The summed E-state index contributed by atoms with van der Waals surface area (Å²) in [5, 5.41) is 10.1. The molecule has 7 nitrogen and oxygen atoms in total. The number of hydrogen-bond acceptors (Lipinski definition) is 6. The molecule has 2 N–H and O–H groups in total. The maximum Gasteiger partial charge on any atom is 0.343 e. The third kappa shape index (κ3) is 6.25. The highest BCUT2D eigenvalue weighted by Crippen LogP contribution is 2.37. The Bertz CT molecular complexity index is 1150. The van der Waals surface area contributed by atoms with Crippen LogP contribution in [0.3, 0.4) is 0 Å². The third-order valence-corrected chi connectivity index (χ3v) is 7.83. The zero-order valence-electron chi connectivity index (χ0n) is 21.3. The maximum atomic E-state index is 14.2. The number of aliphatic hydroxyl groups is 1. The summed E-state index contributed by atoms with van der Waals surface area (Å²) in [4.78, 5) is 15.3. The van der Waals surface area contributed by atoms with Gasteiger partial charge in [-0.3, -0.25) is 0 Å². The van der Waals surface area contributed by atoms with Gasteiger partial charge in [0.25, 0.3) is 0 Å². The van der Waals surface area contributed by atoms with Crippen LogP contribution in [0, 0.1) is 17.7 Å². The van der Waals surface area contributed by atoms with Crippen LogP contribution in [-0.2, 0) is 28.6 Å². The summed E-state index contributed by atoms with van der Waals surface area (Å²) in [6, 6.07) is 7.86. The third-order valence-electron chi connectivity index (χ3n) is 6.62. The van der Waals surface area contributed by atoms with Gasteiger partial charge < -0.3 is 24.2 Å². The number of β-amino-alcohol motifs (C(OH)–C–C–N with tert-alkyl or cyclic N) is 1. The number of halogens is 1. The molecule has 4 rings (SSSR count). The highest BCUT2D eigenvalue weighted by atomic mass is 32.2. The SMILES string of the molecule is COC(=O)c1c(NS(=O)c2ccc(F)cc2CC2CCN(CC(C)(C)O)C2)ccc2c1OCC(C)C2. The second kappa shape index (κ2) is 10.9. The zero-order valence-corrected chi connectivity index (χ0v) is 22.1. The van der Waals surface area contributed by atoms with Gasteiger partial charge in [-0.25, -0.2) is 13.4 Å². The minimum Gasteiger partial charge on any atom is -0.492 e. The van der Waals surface area contributed by atoms with Crippen LogP contribution in [0.4, 0.5) is 10.1 Å². The Hall–Kier alpha value is -2.49. The van der Waals surface area contributed by atoms with E-state index < -0.39 is 22.6 Å². The molecule has 0 aromatic heterocycles. The van der Waals surface area contributed by atoms with Gasteiger partial charge >= 0.3 is 5.97 Å². The quantitative estimate of drug-likeness (QED) is 0.515. The van der Waals surface area contributed by atoms with E-state index in [4.69, 9.17) is 9.47 Å². The average molecular weight is 519 g/mol. The molecule has 36 heavy (non-hydrogen) atoms. The summed E-state index contributed by atoms with van der Waals surface area (Å²) < 4.78 is 41.5. The van der Waals surface area contributed by atoms with Gasteiger partial charge in [0.2, 0.25) is 0 Å². The summed E-state index contributed by atoms with van der Waals surface area (Å²) >= 11 is 0. The Morgan fingerprint density at radius 3 is 2.83 bits per heavy atom. The van der Waals surface area contributed by atoms with Crippen molar-refractivity contribution in [1.82, 2.24) is 4.90 Å². The highest BCUT2D eigenvalue weighted by Gasteiger charge is 2.29. The van der Waals surface area contributed by atoms with Gasteiger partial charge in [0.05, 0.1) is 29.9 Å². The predicted octanol–water partition coefficient (Wildman–Crippen LogP) is 3.95. The first kappa shape index (κ1) is 26.6. The number of benzene rings is 2. The van der Waals surface area contributed by atoms with Crippen LogP contribution >= 0.6 is 0 Å². The molecule has 0 aliphatic carbocycles. The number of anilines is 1. The molecule has 2 aliphatic rings. The van der Waals surface area contributed by atoms with E-state index in [1.807, 2.05) is 6.07 Å². The number of carbonyl (C=O) groups is 1. The number of hydrogen-bond donors (Lipinski definition) is 2. The monoisotopic (exact) mass is 518 g/mol. The summed E-state index contributed by atoms with van der Waals surface area (Å²) in [7, 11) is -0.449. The molecule has 0 saturated carbocycles. The molecule has 2 aromatic rings. The van der Waals surface area contributed by atoms with Crippen molar-refractivity contribution in [2.45, 2.75) is 50.5 Å². The highest BCUT2D eigenvalue weighted by molar-refractivity contribution is 7.86. The summed E-state index contributed by atoms with van der Waals surface area (Å²) in [6.07, 6.45) is 2.26. The van der Waals surface area contributed by atoms with Gasteiger partial charge in [0.1, 0.15) is 17.1 Å². The van der Waals surface area contributed by atoms with Gasteiger partial charge in [0.15, 0.2) is 11.0 Å². The summed E-state index contributed by atoms with van der Waals surface area (Å²) in [5.41, 5.74) is 1.36. The lowest BCUT2D eigenvalue weighted by molar-refractivity contribution is 0.0428. The van der Waals surface area contributed by atoms with E-state index in [-0.39, 0.29) is 17.3 Å². The van der Waals surface area contributed by atoms with Gasteiger partial charge in [-0.1, -0.05) is 13.0 Å². The number of likely N-dealkylation sites (tertiary alicyclic amines) is 1. The molecule has 9 heteroatoms. The first-order valence-electron chi connectivity index (χ1n) is 12.3. The first-order chi connectivity index (χ1) is 17.0. The summed E-state index contributed by atoms with van der Waals surface area (Å²) in [5.74, 6) is 0.0863. The normalized spacial score (nSPS) is 20.9. The number of nitrogens with one attached hydrogen (secondary N) is 1. The lowest BCUT2D eigenvalue weighted by Gasteiger charge is -2.26. The largest absolute Gasteiger partial charge is 0.492 e. The van der Waals surface area contributed by atoms with Crippen LogP contribution in [0.5, 0.6) is 5.75 Å². The standard InChI is InChI=1S/C27H35FN2O5S/c1-17-11-19-5-7-22(24(26(31)34-4)25(19)35-15-17)29-36(33)23-8-6-21(28)13-20(23)12-18-9-10-30(14-18)16-27(2,3)32/h5-8,13,17-18,29,32H,9-12,14-16H2,1-4H3. The molecule has 0 spiro atoms. The van der Waals surface area contributed by atoms with Gasteiger partial charge in [0, 0.05) is 13.1 Å². The Morgan fingerprint density at radius 1 is 1.33 bits per heavy atom. The van der Waals surface area contributed by atoms with Crippen molar-refractivity contribution < 1.29 is 28.0 Å². The van der Waals surface area contributed by atoms with Gasteiger partial charge in [-0.05, 0) is 86.9 Å². The van der Waals surface area contributed by atoms with Gasteiger partial charge in [-0.2, -0.15) is 0 Å². The fraction of sp³-hybridized carbons (Fsp3) is 0.519. The second-order valence-corrected chi connectivity index (χ2v) is 11.8. The maximum absolute atomic E-state index is 14.2. The number of nitrogens with zero attached hydrogens (tertiary/aromatic N) is 1. The molecule has 1 fully saturated rings. The molecule has 0 radical (unpaired) electrons. The minimum absolute atomic E-state index is 0.219. The van der Waals surface area contributed by atoms with Crippen molar-refractivity contribution in [3.63, 3.8) is 0 Å². The van der Waals surface area contributed by atoms with E-state index >= 15 is 0 Å².